The number of hydrogen-bond donors (Lipinski definition) is 2. The fourth-order valence-electron chi connectivity index (χ4n) is 3.53. The van der Waals surface area contributed by atoms with Crippen molar-refractivity contribution in [1.29, 1.82) is 0 Å². The molecular formula is C22H30N2. The van der Waals surface area contributed by atoms with Crippen molar-refractivity contribution in [3.8, 4) is 0 Å². The Labute approximate surface area is 146 Å². The van der Waals surface area contributed by atoms with E-state index in [1.165, 1.54) is 47.9 Å². The molecule has 1 aliphatic rings. The van der Waals surface area contributed by atoms with E-state index in [4.69, 9.17) is 0 Å². The Morgan fingerprint density at radius 3 is 1.42 bits per heavy atom. The molecule has 0 saturated heterocycles. The van der Waals surface area contributed by atoms with Gasteiger partial charge in [-0.15, -0.1) is 0 Å². The Bertz CT molecular complexity index is 558. The molecule has 2 aromatic carbocycles. The lowest BCUT2D eigenvalue weighted by molar-refractivity contribution is 0.281. The van der Waals surface area contributed by atoms with Crippen LogP contribution in [0.5, 0.6) is 0 Å². The van der Waals surface area contributed by atoms with Crippen LogP contribution in [0.3, 0.4) is 0 Å². The fourth-order valence-corrected chi connectivity index (χ4v) is 3.53. The zero-order valence-electron chi connectivity index (χ0n) is 15.0. The molecule has 2 nitrogen and oxygen atoms in total. The first-order chi connectivity index (χ1) is 11.7. The minimum Gasteiger partial charge on any atom is -0.308 e. The summed E-state index contributed by atoms with van der Waals surface area (Å²) in [6.07, 6.45) is 5.23. The minimum atomic E-state index is 0.575. The van der Waals surface area contributed by atoms with E-state index < -0.39 is 0 Å². The molecule has 3 rings (SSSR count). The molecule has 2 heteroatoms. The van der Waals surface area contributed by atoms with Crippen LogP contribution in [0.4, 0.5) is 0 Å². The number of aryl methyl sites for hydroxylation is 2. The monoisotopic (exact) mass is 322 g/mol. The van der Waals surface area contributed by atoms with Gasteiger partial charge in [-0.1, -0.05) is 72.5 Å². The highest BCUT2D eigenvalue weighted by atomic mass is 15.0. The highest BCUT2D eigenvalue weighted by molar-refractivity contribution is 5.22. The molecule has 1 fully saturated rings. The molecule has 2 N–H and O–H groups in total. The number of hydrogen-bond acceptors (Lipinski definition) is 2. The summed E-state index contributed by atoms with van der Waals surface area (Å²) in [4.78, 5) is 0. The molecule has 0 amide bonds. The van der Waals surface area contributed by atoms with Gasteiger partial charge in [-0.3, -0.25) is 0 Å². The van der Waals surface area contributed by atoms with Crippen LogP contribution in [0.25, 0.3) is 0 Å². The predicted molar refractivity (Wildman–Crippen MR) is 102 cm³/mol. The molecule has 0 bridgehead atoms. The lowest BCUT2D eigenvalue weighted by Gasteiger charge is -2.33. The van der Waals surface area contributed by atoms with Crippen LogP contribution >= 0.6 is 0 Å². The van der Waals surface area contributed by atoms with E-state index in [9.17, 15) is 0 Å². The van der Waals surface area contributed by atoms with Crippen LogP contribution in [0.1, 0.15) is 47.9 Å². The third-order valence-electron chi connectivity index (χ3n) is 5.14. The average Bonchev–Trinajstić information content (AvgIpc) is 2.61. The first-order valence-corrected chi connectivity index (χ1v) is 9.28. The Morgan fingerprint density at radius 1 is 0.667 bits per heavy atom. The van der Waals surface area contributed by atoms with Gasteiger partial charge in [-0.05, 0) is 37.8 Å². The van der Waals surface area contributed by atoms with Crippen molar-refractivity contribution in [1.82, 2.24) is 10.6 Å². The second kappa shape index (κ2) is 8.46. The second-order valence-electron chi connectivity index (χ2n) is 7.23. The maximum Gasteiger partial charge on any atom is 0.0224 e. The Kier molecular flexibility index (Phi) is 6.06. The van der Waals surface area contributed by atoms with Crippen molar-refractivity contribution < 1.29 is 0 Å². The van der Waals surface area contributed by atoms with E-state index in [0.29, 0.717) is 12.1 Å². The molecule has 0 aromatic heterocycles. The van der Waals surface area contributed by atoms with Crippen LogP contribution in [0, 0.1) is 13.8 Å². The highest BCUT2D eigenvalue weighted by Crippen LogP contribution is 2.20. The standard InChI is InChI=1S/C22H30N2/c1-17-7-11-19(12-8-17)15-23-21-5-3-4-6-22(21)24-16-20-13-9-18(2)10-14-20/h7-14,21-24H,3-6,15-16H2,1-2H3. The lowest BCUT2D eigenvalue weighted by Crippen LogP contribution is -2.49. The fraction of sp³-hybridized carbons (Fsp3) is 0.455. The topological polar surface area (TPSA) is 24.1 Å². The van der Waals surface area contributed by atoms with Gasteiger partial charge in [0.05, 0.1) is 0 Å². The molecule has 0 heterocycles. The summed E-state index contributed by atoms with van der Waals surface area (Å²) >= 11 is 0. The maximum absolute atomic E-state index is 3.79. The summed E-state index contributed by atoms with van der Waals surface area (Å²) in [5.41, 5.74) is 5.41. The normalized spacial score (nSPS) is 20.9. The second-order valence-corrected chi connectivity index (χ2v) is 7.23. The van der Waals surface area contributed by atoms with Gasteiger partial charge in [0.1, 0.15) is 0 Å². The van der Waals surface area contributed by atoms with Gasteiger partial charge in [-0.2, -0.15) is 0 Å². The van der Waals surface area contributed by atoms with Gasteiger partial charge in [0.15, 0.2) is 0 Å². The van der Waals surface area contributed by atoms with E-state index >= 15 is 0 Å². The van der Waals surface area contributed by atoms with Crippen LogP contribution in [0.2, 0.25) is 0 Å². The largest absolute Gasteiger partial charge is 0.308 e. The van der Waals surface area contributed by atoms with Gasteiger partial charge in [0.25, 0.3) is 0 Å². The molecule has 0 spiro atoms. The SMILES string of the molecule is Cc1ccc(CNC2CCCCC2NCc2ccc(C)cc2)cc1. The number of rotatable bonds is 6. The van der Waals surface area contributed by atoms with Gasteiger partial charge >= 0.3 is 0 Å². The van der Waals surface area contributed by atoms with Crippen LogP contribution in [0.15, 0.2) is 48.5 Å². The van der Waals surface area contributed by atoms with Gasteiger partial charge in [0.2, 0.25) is 0 Å². The zero-order valence-corrected chi connectivity index (χ0v) is 15.0. The molecule has 1 aliphatic carbocycles. The van der Waals surface area contributed by atoms with Crippen molar-refractivity contribution in [2.45, 2.75) is 64.7 Å². The summed E-state index contributed by atoms with van der Waals surface area (Å²) in [6.45, 7) is 6.22. The maximum atomic E-state index is 3.79. The van der Waals surface area contributed by atoms with Gasteiger partial charge in [0, 0.05) is 25.2 Å². The number of nitrogens with one attached hydrogen (secondary N) is 2. The third-order valence-corrected chi connectivity index (χ3v) is 5.14. The molecule has 2 unspecified atom stereocenters. The van der Waals surface area contributed by atoms with E-state index in [0.717, 1.165) is 13.1 Å². The van der Waals surface area contributed by atoms with Crippen molar-refractivity contribution in [2.24, 2.45) is 0 Å². The van der Waals surface area contributed by atoms with Crippen LogP contribution in [-0.4, -0.2) is 12.1 Å². The van der Waals surface area contributed by atoms with Crippen LogP contribution < -0.4 is 10.6 Å². The first kappa shape index (κ1) is 17.2. The van der Waals surface area contributed by atoms with E-state index in [2.05, 4.69) is 73.0 Å². The van der Waals surface area contributed by atoms with Crippen LogP contribution in [-0.2, 0) is 13.1 Å². The van der Waals surface area contributed by atoms with Crippen molar-refractivity contribution >= 4 is 0 Å². The minimum absolute atomic E-state index is 0.575. The summed E-state index contributed by atoms with van der Waals surface area (Å²) in [5.74, 6) is 0. The van der Waals surface area contributed by atoms with Gasteiger partial charge < -0.3 is 10.6 Å². The summed E-state index contributed by atoms with van der Waals surface area (Å²) < 4.78 is 0. The molecule has 2 aromatic rings. The Balaban J connectivity index is 1.52. The third kappa shape index (κ3) is 4.93. The quantitative estimate of drug-likeness (QED) is 0.818. The van der Waals surface area contributed by atoms with Crippen molar-refractivity contribution in [3.63, 3.8) is 0 Å². The van der Waals surface area contributed by atoms with E-state index in [-0.39, 0.29) is 0 Å². The molecule has 128 valence electrons. The summed E-state index contributed by atoms with van der Waals surface area (Å²) in [6, 6.07) is 18.9. The Morgan fingerprint density at radius 2 is 1.04 bits per heavy atom. The molecule has 2 atom stereocenters. The summed E-state index contributed by atoms with van der Waals surface area (Å²) in [7, 11) is 0. The average molecular weight is 322 g/mol. The highest BCUT2D eigenvalue weighted by Gasteiger charge is 2.24. The summed E-state index contributed by atoms with van der Waals surface area (Å²) in [5, 5.41) is 7.58. The molecule has 0 aliphatic heterocycles. The first-order valence-electron chi connectivity index (χ1n) is 9.28. The Hall–Kier alpha value is -1.64. The van der Waals surface area contributed by atoms with Crippen molar-refractivity contribution in [3.05, 3.63) is 70.8 Å². The lowest BCUT2D eigenvalue weighted by atomic mass is 9.90. The molecule has 1 saturated carbocycles. The molecule has 0 radical (unpaired) electrons. The van der Waals surface area contributed by atoms with E-state index in [1.54, 1.807) is 0 Å². The zero-order chi connectivity index (χ0) is 16.8. The smallest absolute Gasteiger partial charge is 0.0224 e. The molecule has 24 heavy (non-hydrogen) atoms. The number of benzene rings is 2. The van der Waals surface area contributed by atoms with Gasteiger partial charge in [-0.25, -0.2) is 0 Å². The van der Waals surface area contributed by atoms with Crippen molar-refractivity contribution in [2.75, 3.05) is 0 Å². The predicted octanol–water partition coefficient (Wildman–Crippen LogP) is 4.49. The van der Waals surface area contributed by atoms with E-state index in [1.807, 2.05) is 0 Å². The molecular weight excluding hydrogens is 292 g/mol.